The van der Waals surface area contributed by atoms with Gasteiger partial charge in [-0.3, -0.25) is 10.2 Å². The fourth-order valence-electron chi connectivity index (χ4n) is 2.28. The number of hydrogen-bond donors (Lipinski definition) is 3. The zero-order chi connectivity index (χ0) is 18.6. The molecule has 0 aliphatic heterocycles. The number of amidine groups is 1. The van der Waals surface area contributed by atoms with Crippen LogP contribution in [0.1, 0.15) is 22.8 Å². The van der Waals surface area contributed by atoms with E-state index in [1.54, 1.807) is 24.3 Å². The molecular weight excluding hydrogens is 349 g/mol. The van der Waals surface area contributed by atoms with Crippen molar-refractivity contribution in [3.05, 3.63) is 65.0 Å². The van der Waals surface area contributed by atoms with Crippen molar-refractivity contribution in [3.63, 3.8) is 0 Å². The Balaban J connectivity index is 2.18. The van der Waals surface area contributed by atoms with Crippen molar-refractivity contribution in [1.82, 2.24) is 4.42 Å². The van der Waals surface area contributed by atoms with Gasteiger partial charge in [0.15, 0.2) is 6.10 Å². The number of nitrogens with one attached hydrogen (secondary N) is 1. The van der Waals surface area contributed by atoms with Crippen molar-refractivity contribution >= 4 is 23.5 Å². The van der Waals surface area contributed by atoms with Crippen molar-refractivity contribution in [2.75, 3.05) is 7.11 Å². The second-order valence-electron chi connectivity index (χ2n) is 5.26. The highest BCUT2D eigenvalue weighted by atomic mass is 35.5. The quantitative estimate of drug-likeness (QED) is 0.416. The van der Waals surface area contributed by atoms with Crippen LogP contribution in [-0.2, 0) is 16.1 Å². The van der Waals surface area contributed by atoms with Gasteiger partial charge in [0.1, 0.15) is 17.4 Å². The lowest BCUT2D eigenvalue weighted by Crippen LogP contribution is -2.29. The Kier molecular flexibility index (Phi) is 5.95. The van der Waals surface area contributed by atoms with Crippen LogP contribution in [0, 0.1) is 11.2 Å². The standard InChI is InChI=1S/C17H17ClFN3O3/c1-25-15(14-12(19)3-2-4-13(14)23)17(24)22(18)9-10-5-7-11(8-6-10)16(20)21/h2-8,15,23H,9H2,1H3,(H3,20,21). The van der Waals surface area contributed by atoms with E-state index < -0.39 is 23.6 Å². The summed E-state index contributed by atoms with van der Waals surface area (Å²) < 4.78 is 19.9. The molecule has 0 fully saturated rings. The Morgan fingerprint density at radius 1 is 1.36 bits per heavy atom. The van der Waals surface area contributed by atoms with Gasteiger partial charge in [0.25, 0.3) is 5.91 Å². The second kappa shape index (κ2) is 7.96. The molecule has 132 valence electrons. The minimum Gasteiger partial charge on any atom is -0.507 e. The van der Waals surface area contributed by atoms with Crippen LogP contribution in [0.2, 0.25) is 0 Å². The van der Waals surface area contributed by atoms with Crippen LogP contribution in [0.4, 0.5) is 4.39 Å². The van der Waals surface area contributed by atoms with Gasteiger partial charge >= 0.3 is 0 Å². The number of hydrogen-bond acceptors (Lipinski definition) is 4. The monoisotopic (exact) mass is 365 g/mol. The lowest BCUT2D eigenvalue weighted by atomic mass is 10.1. The molecule has 25 heavy (non-hydrogen) atoms. The summed E-state index contributed by atoms with van der Waals surface area (Å²) >= 11 is 6.03. The number of nitrogens with zero attached hydrogens (tertiary/aromatic N) is 1. The molecule has 1 atom stereocenters. The van der Waals surface area contributed by atoms with E-state index in [1.165, 1.54) is 19.2 Å². The zero-order valence-electron chi connectivity index (χ0n) is 13.4. The predicted molar refractivity (Wildman–Crippen MR) is 91.7 cm³/mol. The molecule has 0 saturated heterocycles. The summed E-state index contributed by atoms with van der Waals surface area (Å²) in [5, 5.41) is 17.2. The average Bonchev–Trinajstić information content (AvgIpc) is 2.58. The Labute approximate surface area is 149 Å². The van der Waals surface area contributed by atoms with Crippen LogP contribution < -0.4 is 5.73 Å². The molecule has 1 unspecified atom stereocenters. The van der Waals surface area contributed by atoms with Gasteiger partial charge in [-0.25, -0.2) is 8.81 Å². The number of rotatable bonds is 6. The summed E-state index contributed by atoms with van der Waals surface area (Å²) in [6.45, 7) is 0.0215. The number of nitrogens with two attached hydrogens (primary N) is 1. The second-order valence-corrected chi connectivity index (χ2v) is 5.67. The van der Waals surface area contributed by atoms with Crippen LogP contribution >= 0.6 is 11.8 Å². The maximum Gasteiger partial charge on any atom is 0.271 e. The number of aromatic hydroxyl groups is 1. The topological polar surface area (TPSA) is 99.6 Å². The molecule has 2 aromatic carbocycles. The minimum atomic E-state index is -1.38. The van der Waals surface area contributed by atoms with E-state index in [1.807, 2.05) is 0 Å². The molecule has 1 amide bonds. The molecule has 0 aliphatic rings. The number of phenolic OH excluding ortho intramolecular Hbond substituents is 1. The summed E-state index contributed by atoms with van der Waals surface area (Å²) in [6, 6.07) is 10.3. The zero-order valence-corrected chi connectivity index (χ0v) is 14.1. The minimum absolute atomic E-state index is 0.0215. The van der Waals surface area contributed by atoms with E-state index in [9.17, 15) is 14.3 Å². The summed E-state index contributed by atoms with van der Waals surface area (Å²) in [5.41, 5.74) is 6.34. The number of benzene rings is 2. The first-order valence-corrected chi connectivity index (χ1v) is 7.59. The van der Waals surface area contributed by atoms with Crippen LogP contribution in [-0.4, -0.2) is 28.4 Å². The van der Waals surface area contributed by atoms with Gasteiger partial charge in [-0.15, -0.1) is 0 Å². The van der Waals surface area contributed by atoms with Gasteiger partial charge in [-0.2, -0.15) is 0 Å². The Hall–Kier alpha value is -2.64. The Morgan fingerprint density at radius 2 is 2.00 bits per heavy atom. The summed E-state index contributed by atoms with van der Waals surface area (Å²) in [6.07, 6.45) is -1.38. The third-order valence-corrected chi connectivity index (χ3v) is 3.86. The van der Waals surface area contributed by atoms with Gasteiger partial charge in [-0.1, -0.05) is 30.3 Å². The van der Waals surface area contributed by atoms with Crippen molar-refractivity contribution in [1.29, 1.82) is 5.41 Å². The maximum absolute atomic E-state index is 14.0. The first kappa shape index (κ1) is 18.7. The summed E-state index contributed by atoms with van der Waals surface area (Å²) in [7, 11) is 1.22. The van der Waals surface area contributed by atoms with E-state index in [4.69, 9.17) is 27.7 Å². The molecule has 0 bridgehead atoms. The lowest BCUT2D eigenvalue weighted by molar-refractivity contribution is -0.138. The van der Waals surface area contributed by atoms with Crippen molar-refractivity contribution in [2.24, 2.45) is 5.73 Å². The number of phenols is 1. The number of methoxy groups -OCH3 is 1. The normalized spacial score (nSPS) is 11.8. The first-order valence-electron chi connectivity index (χ1n) is 7.25. The van der Waals surface area contributed by atoms with Crippen molar-refractivity contribution in [2.45, 2.75) is 12.6 Å². The summed E-state index contributed by atoms with van der Waals surface area (Å²) in [5.74, 6) is -1.95. The SMILES string of the molecule is COC(C(=O)N(Cl)Cc1ccc(C(=N)N)cc1)c1c(O)cccc1F. The van der Waals surface area contributed by atoms with Crippen molar-refractivity contribution in [3.8, 4) is 5.75 Å². The van der Waals surface area contributed by atoms with E-state index >= 15 is 0 Å². The van der Waals surface area contributed by atoms with E-state index in [2.05, 4.69) is 0 Å². The fraction of sp³-hybridized carbons (Fsp3) is 0.176. The molecule has 2 aromatic rings. The van der Waals surface area contributed by atoms with Gasteiger partial charge in [-0.05, 0) is 17.7 Å². The van der Waals surface area contributed by atoms with Crippen LogP contribution in [0.3, 0.4) is 0 Å². The molecule has 4 N–H and O–H groups in total. The third-order valence-electron chi connectivity index (χ3n) is 3.58. The fourth-order valence-corrected chi connectivity index (χ4v) is 2.51. The van der Waals surface area contributed by atoms with Gasteiger partial charge in [0, 0.05) is 24.4 Å². The van der Waals surface area contributed by atoms with Gasteiger partial charge in [0.05, 0.1) is 12.1 Å². The number of carbonyl (C=O) groups excluding carboxylic acids is 1. The molecule has 0 aliphatic carbocycles. The molecule has 6 nitrogen and oxygen atoms in total. The molecule has 0 radical (unpaired) electrons. The molecule has 0 spiro atoms. The Morgan fingerprint density at radius 3 is 2.52 bits per heavy atom. The van der Waals surface area contributed by atoms with E-state index in [0.717, 1.165) is 10.5 Å². The number of nitrogen functional groups attached to an aromatic ring is 1. The van der Waals surface area contributed by atoms with Crippen LogP contribution in [0.15, 0.2) is 42.5 Å². The highest BCUT2D eigenvalue weighted by molar-refractivity contribution is 6.21. The number of amides is 1. The van der Waals surface area contributed by atoms with E-state index in [0.29, 0.717) is 11.1 Å². The molecular formula is C17H17ClFN3O3. The predicted octanol–water partition coefficient (Wildman–Crippen LogP) is 2.69. The number of halogens is 2. The van der Waals surface area contributed by atoms with Crippen LogP contribution in [0.25, 0.3) is 0 Å². The van der Waals surface area contributed by atoms with E-state index in [-0.39, 0.29) is 17.9 Å². The highest BCUT2D eigenvalue weighted by Gasteiger charge is 2.30. The average molecular weight is 366 g/mol. The van der Waals surface area contributed by atoms with Crippen molar-refractivity contribution < 1.29 is 19.0 Å². The third kappa shape index (κ3) is 4.26. The number of carbonyl (C=O) groups is 1. The van der Waals surface area contributed by atoms with Gasteiger partial charge in [0.2, 0.25) is 0 Å². The molecule has 0 saturated carbocycles. The van der Waals surface area contributed by atoms with Gasteiger partial charge < -0.3 is 15.6 Å². The molecule has 2 rings (SSSR count). The van der Waals surface area contributed by atoms with Crippen LogP contribution in [0.5, 0.6) is 5.75 Å². The summed E-state index contributed by atoms with van der Waals surface area (Å²) in [4.78, 5) is 12.5. The molecule has 0 heterocycles. The Bertz CT molecular complexity index is 763. The maximum atomic E-state index is 14.0. The largest absolute Gasteiger partial charge is 0.507 e. The molecule has 0 aromatic heterocycles. The molecule has 8 heteroatoms. The first-order chi connectivity index (χ1) is 11.8. The smallest absolute Gasteiger partial charge is 0.271 e. The lowest BCUT2D eigenvalue weighted by Gasteiger charge is -2.22. The highest BCUT2D eigenvalue weighted by Crippen LogP contribution is 2.31. The number of ether oxygens (including phenoxy) is 1.